The van der Waals surface area contributed by atoms with E-state index >= 15 is 0 Å². The predicted octanol–water partition coefficient (Wildman–Crippen LogP) is 3.12. The lowest BCUT2D eigenvalue weighted by Crippen LogP contribution is -2.23. The molecule has 0 atom stereocenters. The maximum absolute atomic E-state index is 12.8. The first kappa shape index (κ1) is 18.4. The van der Waals surface area contributed by atoms with Crippen LogP contribution in [0.25, 0.3) is 0 Å². The van der Waals surface area contributed by atoms with Crippen LogP contribution in [0.5, 0.6) is 11.5 Å². The highest BCUT2D eigenvalue weighted by Crippen LogP contribution is 2.24. The third-order valence-corrected chi connectivity index (χ3v) is 3.72. The standard InChI is InChI=1S/C19H20FNO4/c1-24-16-8-5-14(18(11-16)25-2)12-21-19(23)10-9-17(22)13-3-6-15(20)7-4-13/h3-8,11H,9-10,12H2,1-2H3,(H,21,23). The summed E-state index contributed by atoms with van der Waals surface area (Å²) in [6.45, 7) is 0.288. The average molecular weight is 345 g/mol. The minimum absolute atomic E-state index is 0.0642. The fourth-order valence-electron chi connectivity index (χ4n) is 2.29. The summed E-state index contributed by atoms with van der Waals surface area (Å²) in [6, 6.07) is 10.6. The fourth-order valence-corrected chi connectivity index (χ4v) is 2.29. The zero-order chi connectivity index (χ0) is 18.2. The Hall–Kier alpha value is -2.89. The second kappa shape index (κ2) is 8.82. The summed E-state index contributed by atoms with van der Waals surface area (Å²) in [5.74, 6) is 0.437. The summed E-state index contributed by atoms with van der Waals surface area (Å²) in [4.78, 5) is 23.9. The Kier molecular flexibility index (Phi) is 6.51. The van der Waals surface area contributed by atoms with Gasteiger partial charge in [-0.1, -0.05) is 0 Å². The molecule has 0 fully saturated rings. The molecule has 1 N–H and O–H groups in total. The molecule has 0 saturated carbocycles. The number of hydrogen-bond donors (Lipinski definition) is 1. The van der Waals surface area contributed by atoms with Gasteiger partial charge in [-0.15, -0.1) is 0 Å². The molecule has 0 saturated heterocycles. The van der Waals surface area contributed by atoms with Crippen molar-refractivity contribution in [3.63, 3.8) is 0 Å². The first-order valence-corrected chi connectivity index (χ1v) is 7.80. The van der Waals surface area contributed by atoms with Gasteiger partial charge in [0.1, 0.15) is 17.3 Å². The molecular formula is C19H20FNO4. The number of amides is 1. The molecule has 0 aliphatic rings. The van der Waals surface area contributed by atoms with Crippen LogP contribution in [-0.2, 0) is 11.3 Å². The van der Waals surface area contributed by atoms with Gasteiger partial charge in [0.15, 0.2) is 5.78 Å². The van der Waals surface area contributed by atoms with E-state index in [1.54, 1.807) is 26.4 Å². The molecule has 6 heteroatoms. The van der Waals surface area contributed by atoms with Crippen molar-refractivity contribution in [3.8, 4) is 11.5 Å². The Morgan fingerprint density at radius 2 is 1.72 bits per heavy atom. The first-order chi connectivity index (χ1) is 12.0. The van der Waals surface area contributed by atoms with Crippen LogP contribution in [0.4, 0.5) is 4.39 Å². The lowest BCUT2D eigenvalue weighted by molar-refractivity contribution is -0.121. The molecule has 0 aromatic heterocycles. The predicted molar refractivity (Wildman–Crippen MR) is 91.4 cm³/mol. The molecule has 1 amide bonds. The van der Waals surface area contributed by atoms with E-state index in [0.29, 0.717) is 17.1 Å². The van der Waals surface area contributed by atoms with Gasteiger partial charge in [-0.2, -0.15) is 0 Å². The Balaban J connectivity index is 1.84. The minimum Gasteiger partial charge on any atom is -0.497 e. The van der Waals surface area contributed by atoms with Crippen LogP contribution in [0.1, 0.15) is 28.8 Å². The zero-order valence-corrected chi connectivity index (χ0v) is 14.2. The van der Waals surface area contributed by atoms with E-state index < -0.39 is 5.82 Å². The number of carbonyl (C=O) groups excluding carboxylic acids is 2. The normalized spacial score (nSPS) is 10.2. The summed E-state index contributed by atoms with van der Waals surface area (Å²) >= 11 is 0. The lowest BCUT2D eigenvalue weighted by atomic mass is 10.1. The molecule has 0 spiro atoms. The van der Waals surface area contributed by atoms with E-state index in [9.17, 15) is 14.0 Å². The first-order valence-electron chi connectivity index (χ1n) is 7.80. The second-order valence-corrected chi connectivity index (χ2v) is 5.38. The molecular weight excluding hydrogens is 325 g/mol. The number of nitrogens with one attached hydrogen (secondary N) is 1. The van der Waals surface area contributed by atoms with Gasteiger partial charge in [0.25, 0.3) is 0 Å². The van der Waals surface area contributed by atoms with Crippen molar-refractivity contribution < 1.29 is 23.5 Å². The summed E-state index contributed by atoms with van der Waals surface area (Å²) in [6.07, 6.45) is 0.131. The number of ketones is 1. The van der Waals surface area contributed by atoms with Crippen molar-refractivity contribution in [2.75, 3.05) is 14.2 Å². The van der Waals surface area contributed by atoms with Crippen LogP contribution in [0.2, 0.25) is 0 Å². The smallest absolute Gasteiger partial charge is 0.220 e. The monoisotopic (exact) mass is 345 g/mol. The molecule has 2 rings (SSSR count). The molecule has 2 aromatic carbocycles. The highest BCUT2D eigenvalue weighted by atomic mass is 19.1. The van der Waals surface area contributed by atoms with Gasteiger partial charge in [-0.05, 0) is 36.4 Å². The van der Waals surface area contributed by atoms with Crippen molar-refractivity contribution >= 4 is 11.7 Å². The maximum atomic E-state index is 12.8. The Morgan fingerprint density at radius 3 is 2.36 bits per heavy atom. The number of benzene rings is 2. The molecule has 132 valence electrons. The number of hydrogen-bond acceptors (Lipinski definition) is 4. The highest BCUT2D eigenvalue weighted by Gasteiger charge is 2.11. The Bertz CT molecular complexity index is 744. The number of carbonyl (C=O) groups is 2. The molecule has 5 nitrogen and oxygen atoms in total. The van der Waals surface area contributed by atoms with Gasteiger partial charge in [-0.25, -0.2) is 4.39 Å². The number of methoxy groups -OCH3 is 2. The topological polar surface area (TPSA) is 64.6 Å². The van der Waals surface area contributed by atoms with E-state index in [1.165, 1.54) is 24.3 Å². The van der Waals surface area contributed by atoms with Crippen molar-refractivity contribution in [1.29, 1.82) is 0 Å². The molecule has 0 aliphatic carbocycles. The number of rotatable bonds is 8. The number of ether oxygens (including phenoxy) is 2. The van der Waals surface area contributed by atoms with Gasteiger partial charge < -0.3 is 14.8 Å². The summed E-state index contributed by atoms with van der Waals surface area (Å²) < 4.78 is 23.2. The van der Waals surface area contributed by atoms with Crippen molar-refractivity contribution in [3.05, 3.63) is 59.4 Å². The summed E-state index contributed by atoms with van der Waals surface area (Å²) in [7, 11) is 3.11. The van der Waals surface area contributed by atoms with Crippen molar-refractivity contribution in [2.24, 2.45) is 0 Å². The summed E-state index contributed by atoms with van der Waals surface area (Å²) in [5.41, 5.74) is 1.20. The third-order valence-electron chi connectivity index (χ3n) is 3.72. The molecule has 0 heterocycles. The Labute approximate surface area is 145 Å². The quantitative estimate of drug-likeness (QED) is 0.747. The molecule has 0 unspecified atom stereocenters. The number of Topliss-reactive ketones (excluding diaryl/α,β-unsaturated/α-hetero) is 1. The molecule has 0 bridgehead atoms. The van der Waals surface area contributed by atoms with Crippen LogP contribution >= 0.6 is 0 Å². The highest BCUT2D eigenvalue weighted by molar-refractivity contribution is 5.97. The van der Waals surface area contributed by atoms with Gasteiger partial charge in [0.05, 0.1) is 14.2 Å². The lowest BCUT2D eigenvalue weighted by Gasteiger charge is -2.11. The van der Waals surface area contributed by atoms with E-state index in [4.69, 9.17) is 9.47 Å². The maximum Gasteiger partial charge on any atom is 0.220 e. The van der Waals surface area contributed by atoms with Gasteiger partial charge in [-0.3, -0.25) is 9.59 Å². The fraction of sp³-hybridized carbons (Fsp3) is 0.263. The minimum atomic E-state index is -0.400. The van der Waals surface area contributed by atoms with E-state index in [1.807, 2.05) is 6.07 Å². The van der Waals surface area contributed by atoms with Gasteiger partial charge in [0, 0.05) is 36.6 Å². The van der Waals surface area contributed by atoms with Crippen LogP contribution in [0.15, 0.2) is 42.5 Å². The second-order valence-electron chi connectivity index (χ2n) is 5.38. The van der Waals surface area contributed by atoms with Gasteiger partial charge >= 0.3 is 0 Å². The molecule has 0 radical (unpaired) electrons. The Morgan fingerprint density at radius 1 is 1.00 bits per heavy atom. The van der Waals surface area contributed by atoms with Gasteiger partial charge in [0.2, 0.25) is 5.91 Å². The van der Waals surface area contributed by atoms with Crippen LogP contribution < -0.4 is 14.8 Å². The van der Waals surface area contributed by atoms with E-state index in [-0.39, 0.29) is 31.1 Å². The molecule has 0 aliphatic heterocycles. The van der Waals surface area contributed by atoms with Crippen LogP contribution in [-0.4, -0.2) is 25.9 Å². The molecule has 25 heavy (non-hydrogen) atoms. The van der Waals surface area contributed by atoms with Crippen molar-refractivity contribution in [1.82, 2.24) is 5.32 Å². The SMILES string of the molecule is COc1ccc(CNC(=O)CCC(=O)c2ccc(F)cc2)c(OC)c1. The van der Waals surface area contributed by atoms with Crippen LogP contribution in [0.3, 0.4) is 0 Å². The van der Waals surface area contributed by atoms with Crippen LogP contribution in [0, 0.1) is 5.82 Å². The molecule has 2 aromatic rings. The zero-order valence-electron chi connectivity index (χ0n) is 14.2. The average Bonchev–Trinajstić information content (AvgIpc) is 2.64. The summed E-state index contributed by atoms with van der Waals surface area (Å²) in [5, 5.41) is 2.76. The third kappa shape index (κ3) is 5.31. The largest absolute Gasteiger partial charge is 0.497 e. The van der Waals surface area contributed by atoms with E-state index in [2.05, 4.69) is 5.32 Å². The van der Waals surface area contributed by atoms with E-state index in [0.717, 1.165) is 5.56 Å². The number of halogens is 1. The van der Waals surface area contributed by atoms with Crippen molar-refractivity contribution in [2.45, 2.75) is 19.4 Å².